The first kappa shape index (κ1) is 10.7. The lowest BCUT2D eigenvalue weighted by Crippen LogP contribution is -2.00. The second kappa shape index (κ2) is 4.79. The normalized spacial score (nSPS) is 10.4. The van der Waals surface area contributed by atoms with Gasteiger partial charge in [-0.05, 0) is 18.6 Å². The predicted molar refractivity (Wildman–Crippen MR) is 63.3 cm³/mol. The molecule has 2 heterocycles. The zero-order valence-electron chi connectivity index (χ0n) is 9.53. The standard InChI is InChI=1S/C12H15N3O/c1-3-5-9-8-11(13-2)15-12(14-9)10-6-4-7-16-10/h4,6-8H,3,5H2,1-2H3,(H,13,14,15). The van der Waals surface area contributed by atoms with Gasteiger partial charge < -0.3 is 9.73 Å². The van der Waals surface area contributed by atoms with Gasteiger partial charge in [-0.3, -0.25) is 0 Å². The van der Waals surface area contributed by atoms with Crippen LogP contribution in [0.3, 0.4) is 0 Å². The van der Waals surface area contributed by atoms with Crippen LogP contribution in [0.2, 0.25) is 0 Å². The van der Waals surface area contributed by atoms with Crippen molar-refractivity contribution in [2.45, 2.75) is 19.8 Å². The van der Waals surface area contributed by atoms with Crippen molar-refractivity contribution in [3.05, 3.63) is 30.2 Å². The van der Waals surface area contributed by atoms with E-state index < -0.39 is 0 Å². The molecule has 0 radical (unpaired) electrons. The Balaban J connectivity index is 2.41. The number of nitrogens with zero attached hydrogens (tertiary/aromatic N) is 2. The summed E-state index contributed by atoms with van der Waals surface area (Å²) in [6.07, 6.45) is 3.65. The number of aryl methyl sites for hydroxylation is 1. The fourth-order valence-electron chi connectivity index (χ4n) is 1.53. The molecule has 0 bridgehead atoms. The smallest absolute Gasteiger partial charge is 0.197 e. The first-order chi connectivity index (χ1) is 7.83. The van der Waals surface area contributed by atoms with Crippen molar-refractivity contribution in [2.75, 3.05) is 12.4 Å². The SMILES string of the molecule is CCCc1cc(NC)nc(-c2ccco2)n1. The number of anilines is 1. The maximum atomic E-state index is 5.30. The molecular weight excluding hydrogens is 202 g/mol. The van der Waals surface area contributed by atoms with Gasteiger partial charge in [0, 0.05) is 18.8 Å². The van der Waals surface area contributed by atoms with Crippen LogP contribution in [0.4, 0.5) is 5.82 Å². The van der Waals surface area contributed by atoms with E-state index in [1.807, 2.05) is 25.2 Å². The quantitative estimate of drug-likeness (QED) is 0.855. The highest BCUT2D eigenvalue weighted by Crippen LogP contribution is 2.18. The Morgan fingerprint density at radius 2 is 2.25 bits per heavy atom. The van der Waals surface area contributed by atoms with Crippen LogP contribution >= 0.6 is 0 Å². The second-order valence-corrected chi connectivity index (χ2v) is 3.55. The van der Waals surface area contributed by atoms with Crippen molar-refractivity contribution < 1.29 is 4.42 Å². The monoisotopic (exact) mass is 217 g/mol. The van der Waals surface area contributed by atoms with Crippen molar-refractivity contribution in [3.8, 4) is 11.6 Å². The summed E-state index contributed by atoms with van der Waals surface area (Å²) in [6.45, 7) is 2.13. The van der Waals surface area contributed by atoms with E-state index in [9.17, 15) is 0 Å². The minimum absolute atomic E-state index is 0.639. The highest BCUT2D eigenvalue weighted by molar-refractivity contribution is 5.51. The zero-order valence-corrected chi connectivity index (χ0v) is 9.53. The summed E-state index contributed by atoms with van der Waals surface area (Å²) in [7, 11) is 1.85. The molecule has 1 N–H and O–H groups in total. The van der Waals surface area contributed by atoms with Gasteiger partial charge in [-0.15, -0.1) is 0 Å². The molecule has 0 spiro atoms. The van der Waals surface area contributed by atoms with E-state index in [0.717, 1.165) is 24.4 Å². The third kappa shape index (κ3) is 2.21. The molecule has 84 valence electrons. The summed E-state index contributed by atoms with van der Waals surface area (Å²) in [6, 6.07) is 5.67. The summed E-state index contributed by atoms with van der Waals surface area (Å²) in [5.41, 5.74) is 1.04. The highest BCUT2D eigenvalue weighted by Gasteiger charge is 2.07. The van der Waals surface area contributed by atoms with Crippen LogP contribution in [-0.4, -0.2) is 17.0 Å². The van der Waals surface area contributed by atoms with Crippen LogP contribution < -0.4 is 5.32 Å². The summed E-state index contributed by atoms with van der Waals surface area (Å²) >= 11 is 0. The fourth-order valence-corrected chi connectivity index (χ4v) is 1.53. The van der Waals surface area contributed by atoms with Gasteiger partial charge in [0.15, 0.2) is 11.6 Å². The maximum Gasteiger partial charge on any atom is 0.197 e. The highest BCUT2D eigenvalue weighted by atomic mass is 16.3. The van der Waals surface area contributed by atoms with Crippen LogP contribution in [-0.2, 0) is 6.42 Å². The average molecular weight is 217 g/mol. The molecule has 0 aliphatic rings. The van der Waals surface area contributed by atoms with E-state index in [0.29, 0.717) is 11.6 Å². The van der Waals surface area contributed by atoms with Crippen LogP contribution in [0.5, 0.6) is 0 Å². The Kier molecular flexibility index (Phi) is 3.19. The number of hydrogen-bond donors (Lipinski definition) is 1. The Labute approximate surface area is 94.7 Å². The van der Waals surface area contributed by atoms with Crippen molar-refractivity contribution in [2.24, 2.45) is 0 Å². The number of hydrogen-bond acceptors (Lipinski definition) is 4. The second-order valence-electron chi connectivity index (χ2n) is 3.55. The fraction of sp³-hybridized carbons (Fsp3) is 0.333. The molecule has 0 unspecified atom stereocenters. The Hall–Kier alpha value is -1.84. The topological polar surface area (TPSA) is 51.0 Å². The summed E-state index contributed by atoms with van der Waals surface area (Å²) < 4.78 is 5.30. The van der Waals surface area contributed by atoms with Gasteiger partial charge in [0.2, 0.25) is 0 Å². The van der Waals surface area contributed by atoms with Gasteiger partial charge in [0.05, 0.1) is 6.26 Å². The molecule has 0 saturated heterocycles. The lowest BCUT2D eigenvalue weighted by atomic mass is 10.2. The van der Waals surface area contributed by atoms with E-state index in [4.69, 9.17) is 4.42 Å². The molecule has 4 heteroatoms. The molecule has 0 fully saturated rings. The van der Waals surface area contributed by atoms with Crippen LogP contribution in [0.25, 0.3) is 11.6 Å². The third-order valence-corrected chi connectivity index (χ3v) is 2.28. The summed E-state index contributed by atoms with van der Waals surface area (Å²) in [5.74, 6) is 2.17. The van der Waals surface area contributed by atoms with Crippen LogP contribution in [0, 0.1) is 0 Å². The maximum absolute atomic E-state index is 5.30. The lowest BCUT2D eigenvalue weighted by molar-refractivity contribution is 0.576. The predicted octanol–water partition coefficient (Wildman–Crippen LogP) is 2.73. The molecule has 2 aromatic heterocycles. The number of nitrogens with one attached hydrogen (secondary N) is 1. The first-order valence-electron chi connectivity index (χ1n) is 5.43. The van der Waals surface area contributed by atoms with E-state index in [1.165, 1.54) is 0 Å². The minimum atomic E-state index is 0.639. The van der Waals surface area contributed by atoms with Crippen LogP contribution in [0.1, 0.15) is 19.0 Å². The third-order valence-electron chi connectivity index (χ3n) is 2.28. The molecule has 4 nitrogen and oxygen atoms in total. The van der Waals surface area contributed by atoms with E-state index in [2.05, 4.69) is 22.2 Å². The summed E-state index contributed by atoms with van der Waals surface area (Å²) in [4.78, 5) is 8.83. The molecule has 0 saturated carbocycles. The van der Waals surface area contributed by atoms with Crippen molar-refractivity contribution in [3.63, 3.8) is 0 Å². The van der Waals surface area contributed by atoms with Gasteiger partial charge in [0.25, 0.3) is 0 Å². The molecule has 0 aromatic carbocycles. The van der Waals surface area contributed by atoms with E-state index in [-0.39, 0.29) is 0 Å². The Morgan fingerprint density at radius 1 is 1.38 bits per heavy atom. The molecule has 16 heavy (non-hydrogen) atoms. The van der Waals surface area contributed by atoms with E-state index >= 15 is 0 Å². The van der Waals surface area contributed by atoms with Gasteiger partial charge >= 0.3 is 0 Å². The molecule has 0 amide bonds. The minimum Gasteiger partial charge on any atom is -0.461 e. The zero-order chi connectivity index (χ0) is 11.4. The molecule has 0 atom stereocenters. The Bertz CT molecular complexity index is 451. The van der Waals surface area contributed by atoms with Crippen molar-refractivity contribution in [1.82, 2.24) is 9.97 Å². The molecular formula is C12H15N3O. The van der Waals surface area contributed by atoms with Crippen molar-refractivity contribution in [1.29, 1.82) is 0 Å². The number of aromatic nitrogens is 2. The van der Waals surface area contributed by atoms with Gasteiger partial charge in [0.1, 0.15) is 5.82 Å². The van der Waals surface area contributed by atoms with Crippen LogP contribution in [0.15, 0.2) is 28.9 Å². The van der Waals surface area contributed by atoms with Gasteiger partial charge in [-0.1, -0.05) is 13.3 Å². The average Bonchev–Trinajstić information content (AvgIpc) is 2.82. The van der Waals surface area contributed by atoms with Gasteiger partial charge in [-0.25, -0.2) is 9.97 Å². The molecule has 0 aliphatic carbocycles. The summed E-state index contributed by atoms with van der Waals surface area (Å²) in [5, 5.41) is 3.04. The lowest BCUT2D eigenvalue weighted by Gasteiger charge is -2.05. The van der Waals surface area contributed by atoms with Gasteiger partial charge in [-0.2, -0.15) is 0 Å². The molecule has 0 aliphatic heterocycles. The first-order valence-corrected chi connectivity index (χ1v) is 5.43. The molecule has 2 rings (SSSR count). The van der Waals surface area contributed by atoms with E-state index in [1.54, 1.807) is 6.26 Å². The largest absolute Gasteiger partial charge is 0.461 e. The molecule has 2 aromatic rings. The Morgan fingerprint density at radius 3 is 2.88 bits per heavy atom. The number of rotatable bonds is 4. The number of furan rings is 1. The van der Waals surface area contributed by atoms with Crippen molar-refractivity contribution >= 4 is 5.82 Å².